The van der Waals surface area contributed by atoms with Crippen molar-refractivity contribution in [2.45, 2.75) is 90.4 Å². The first kappa shape index (κ1) is 29.1. The molecule has 3 aliphatic rings. The molecule has 12 heteroatoms. The summed E-state index contributed by atoms with van der Waals surface area (Å²) in [6.45, 7) is 13.1. The number of fused-ring (bicyclic) bond motifs is 3. The Hall–Kier alpha value is -2.40. The van der Waals surface area contributed by atoms with Gasteiger partial charge in [0, 0.05) is 24.9 Å². The summed E-state index contributed by atoms with van der Waals surface area (Å²) in [5.74, 6) is -0.136. The number of benzene rings is 1. The third-order valence-corrected chi connectivity index (χ3v) is 9.47. The number of piperazine rings is 1. The maximum absolute atomic E-state index is 15.5. The van der Waals surface area contributed by atoms with Crippen LogP contribution < -0.4 is 15.0 Å². The zero-order chi connectivity index (χ0) is 29.2. The van der Waals surface area contributed by atoms with E-state index in [1.54, 1.807) is 6.07 Å². The predicted molar refractivity (Wildman–Crippen MR) is 154 cm³/mol. The fourth-order valence-electron chi connectivity index (χ4n) is 6.16. The van der Waals surface area contributed by atoms with Crippen molar-refractivity contribution in [3.8, 4) is 6.01 Å². The summed E-state index contributed by atoms with van der Waals surface area (Å²) < 4.78 is 27.4. The average molecular weight is 641 g/mol. The molecule has 5 rings (SSSR count). The van der Waals surface area contributed by atoms with Gasteiger partial charge >= 0.3 is 12.1 Å². The Morgan fingerprint density at radius 2 is 1.98 bits per heavy atom. The minimum absolute atomic E-state index is 0.0171. The van der Waals surface area contributed by atoms with Gasteiger partial charge in [-0.3, -0.25) is 9.69 Å². The highest BCUT2D eigenvalue weighted by Gasteiger charge is 2.60. The Kier molecular flexibility index (Phi) is 7.39. The van der Waals surface area contributed by atoms with E-state index in [1.807, 2.05) is 25.7 Å². The normalized spacial score (nSPS) is 25.0. The van der Waals surface area contributed by atoms with Crippen molar-refractivity contribution >= 4 is 56.3 Å². The molecule has 0 spiro atoms. The van der Waals surface area contributed by atoms with Crippen LogP contribution in [0.3, 0.4) is 0 Å². The smallest absolute Gasteiger partial charge is 0.411 e. The highest BCUT2D eigenvalue weighted by atomic mass is 79.9. The van der Waals surface area contributed by atoms with Crippen LogP contribution in [0.2, 0.25) is 5.02 Å². The van der Waals surface area contributed by atoms with E-state index in [2.05, 4.69) is 51.9 Å². The Morgan fingerprint density at radius 3 is 2.60 bits per heavy atom. The summed E-state index contributed by atoms with van der Waals surface area (Å²) in [5.41, 5.74) is -1.39. The number of nitrogens with one attached hydrogen (secondary N) is 1. The zero-order valence-electron chi connectivity index (χ0n) is 23.7. The van der Waals surface area contributed by atoms with Gasteiger partial charge in [0.15, 0.2) is 5.82 Å². The number of hydrogen-bond donors (Lipinski definition) is 1. The lowest BCUT2D eigenvalue weighted by atomic mass is 9.71. The first-order chi connectivity index (χ1) is 18.6. The molecule has 0 saturated carbocycles. The average Bonchev–Trinajstić information content (AvgIpc) is 3.38. The van der Waals surface area contributed by atoms with Crippen LogP contribution in [-0.2, 0) is 9.53 Å². The molecule has 2 amide bonds. The van der Waals surface area contributed by atoms with Gasteiger partial charge in [0.1, 0.15) is 23.5 Å². The fourth-order valence-corrected chi connectivity index (χ4v) is 6.65. The molecular weight excluding hydrogens is 605 g/mol. The van der Waals surface area contributed by atoms with Gasteiger partial charge in [-0.2, -0.15) is 9.97 Å². The molecule has 0 aliphatic carbocycles. The third kappa shape index (κ3) is 5.19. The number of hydrogen-bond acceptors (Lipinski definition) is 7. The van der Waals surface area contributed by atoms with Crippen LogP contribution in [0, 0.1) is 11.2 Å². The Morgan fingerprint density at radius 1 is 1.25 bits per heavy atom. The number of anilines is 1. The van der Waals surface area contributed by atoms with E-state index in [0.717, 1.165) is 12.8 Å². The fraction of sp³-hybridized carbons (Fsp3) is 0.643. The van der Waals surface area contributed by atoms with E-state index in [1.165, 1.54) is 0 Å². The summed E-state index contributed by atoms with van der Waals surface area (Å²) in [6, 6.07) is 1.39. The van der Waals surface area contributed by atoms with Crippen LogP contribution in [0.15, 0.2) is 10.5 Å². The summed E-state index contributed by atoms with van der Waals surface area (Å²) in [7, 11) is 0. The van der Waals surface area contributed by atoms with Gasteiger partial charge in [0.25, 0.3) is 0 Å². The summed E-state index contributed by atoms with van der Waals surface area (Å²) >= 11 is 9.63. The molecule has 3 saturated heterocycles. The molecular formula is C28H36BrClFN5O4. The topological polar surface area (TPSA) is 96.9 Å². The SMILES string of the molecule is CC(C)(C)OC(=O)N1C2CCC1(C(C)(C)C)CN(c1nc(OC[C@@H]3CCC(=O)N3)nc3c(F)c(Br)c(Cl)cc13)C2. The molecule has 0 radical (unpaired) electrons. The Labute approximate surface area is 247 Å². The molecule has 3 fully saturated rings. The molecule has 2 aromatic rings. The maximum Gasteiger partial charge on any atom is 0.411 e. The maximum atomic E-state index is 15.5. The molecule has 3 atom stereocenters. The molecule has 218 valence electrons. The standard InChI is InChI=1S/C28H36BrClFN5O4/c1-26(2,3)28-10-9-16(36(28)25(38)40-27(4,5)6)12-35(14-28)23-17-11-18(30)20(29)21(31)22(17)33-24(34-23)39-13-15-7-8-19(37)32-15/h11,15-16H,7-10,12-14H2,1-6H3,(H,32,37)/t15-,16?,28?/m0/s1. The lowest BCUT2D eigenvalue weighted by Crippen LogP contribution is -2.68. The second-order valence-corrected chi connectivity index (χ2v) is 14.2. The van der Waals surface area contributed by atoms with Crippen molar-refractivity contribution < 1.29 is 23.5 Å². The van der Waals surface area contributed by atoms with Gasteiger partial charge in [0.2, 0.25) is 5.91 Å². The largest absolute Gasteiger partial charge is 0.461 e. The van der Waals surface area contributed by atoms with Gasteiger partial charge < -0.3 is 19.7 Å². The molecule has 4 heterocycles. The molecule has 1 aromatic carbocycles. The minimum atomic E-state index is -0.623. The molecule has 40 heavy (non-hydrogen) atoms. The molecule has 9 nitrogen and oxygen atoms in total. The minimum Gasteiger partial charge on any atom is -0.461 e. The highest BCUT2D eigenvalue weighted by Crippen LogP contribution is 2.51. The lowest BCUT2D eigenvalue weighted by molar-refractivity contribution is -0.119. The van der Waals surface area contributed by atoms with Crippen LogP contribution in [0.5, 0.6) is 6.01 Å². The van der Waals surface area contributed by atoms with Crippen LogP contribution in [0.1, 0.15) is 67.2 Å². The molecule has 3 aliphatic heterocycles. The van der Waals surface area contributed by atoms with Gasteiger partial charge in [-0.1, -0.05) is 32.4 Å². The van der Waals surface area contributed by atoms with E-state index in [0.29, 0.717) is 37.1 Å². The summed E-state index contributed by atoms with van der Waals surface area (Å²) in [5, 5.41) is 3.53. The van der Waals surface area contributed by atoms with E-state index in [-0.39, 0.29) is 57.1 Å². The van der Waals surface area contributed by atoms with E-state index in [9.17, 15) is 9.59 Å². The van der Waals surface area contributed by atoms with Gasteiger partial charge in [-0.15, -0.1) is 0 Å². The van der Waals surface area contributed by atoms with E-state index in [4.69, 9.17) is 26.1 Å². The molecule has 1 N–H and O–H groups in total. The van der Waals surface area contributed by atoms with Crippen LogP contribution in [0.4, 0.5) is 15.0 Å². The monoisotopic (exact) mass is 639 g/mol. The first-order valence-electron chi connectivity index (χ1n) is 13.6. The number of ether oxygens (including phenoxy) is 2. The second-order valence-electron chi connectivity index (χ2n) is 13.0. The van der Waals surface area contributed by atoms with Crippen molar-refractivity contribution in [2.24, 2.45) is 5.41 Å². The zero-order valence-corrected chi connectivity index (χ0v) is 26.1. The van der Waals surface area contributed by atoms with Crippen LogP contribution in [-0.4, -0.2) is 69.8 Å². The van der Waals surface area contributed by atoms with E-state index < -0.39 is 17.0 Å². The van der Waals surface area contributed by atoms with Gasteiger partial charge in [-0.25, -0.2) is 9.18 Å². The molecule has 1 aromatic heterocycles. The number of aromatic nitrogens is 2. The number of rotatable bonds is 4. The molecule has 2 bridgehead atoms. The highest BCUT2D eigenvalue weighted by molar-refractivity contribution is 9.10. The molecule has 2 unspecified atom stereocenters. The van der Waals surface area contributed by atoms with Gasteiger partial charge in [-0.05, 0) is 67.4 Å². The van der Waals surface area contributed by atoms with Crippen molar-refractivity contribution in [3.05, 3.63) is 21.4 Å². The van der Waals surface area contributed by atoms with Crippen molar-refractivity contribution in [1.29, 1.82) is 0 Å². The Balaban J connectivity index is 1.56. The van der Waals surface area contributed by atoms with E-state index >= 15 is 4.39 Å². The van der Waals surface area contributed by atoms with Crippen molar-refractivity contribution in [3.63, 3.8) is 0 Å². The first-order valence-corrected chi connectivity index (χ1v) is 14.8. The lowest BCUT2D eigenvalue weighted by Gasteiger charge is -2.55. The summed E-state index contributed by atoms with van der Waals surface area (Å²) in [4.78, 5) is 38.4. The van der Waals surface area contributed by atoms with Crippen molar-refractivity contribution in [2.75, 3.05) is 24.6 Å². The number of nitrogens with zero attached hydrogens (tertiary/aromatic N) is 4. The van der Waals surface area contributed by atoms with Crippen LogP contribution >= 0.6 is 27.5 Å². The number of amides is 2. The number of carbonyl (C=O) groups is 2. The summed E-state index contributed by atoms with van der Waals surface area (Å²) in [6.07, 6.45) is 2.37. The third-order valence-electron chi connectivity index (χ3n) is 8.17. The van der Waals surface area contributed by atoms with Crippen molar-refractivity contribution in [1.82, 2.24) is 20.2 Å². The van der Waals surface area contributed by atoms with Crippen LogP contribution in [0.25, 0.3) is 10.9 Å². The second kappa shape index (κ2) is 10.2. The van der Waals surface area contributed by atoms with Gasteiger partial charge in [0.05, 0.1) is 27.1 Å². The quantitative estimate of drug-likeness (QED) is 0.419. The number of halogens is 3. The Bertz CT molecular complexity index is 1360. The predicted octanol–water partition coefficient (Wildman–Crippen LogP) is 5.85. The number of carbonyl (C=O) groups excluding carboxylic acids is 2.